The molecular weight excluding hydrogens is 387 g/mol. The van der Waals surface area contributed by atoms with Gasteiger partial charge in [0.15, 0.2) is 0 Å². The molecule has 0 saturated heterocycles. The molecule has 0 heterocycles. The van der Waals surface area contributed by atoms with Crippen molar-refractivity contribution in [2.45, 2.75) is 25.6 Å². The van der Waals surface area contributed by atoms with Crippen molar-refractivity contribution < 1.29 is 0 Å². The second-order valence-corrected chi connectivity index (χ2v) is 7.01. The number of alkyl halides is 1. The lowest BCUT2D eigenvalue weighted by atomic mass is 9.98. The molecule has 0 bridgehead atoms. The molecule has 1 unspecified atom stereocenters. The zero-order chi connectivity index (χ0) is 14.2. The first-order chi connectivity index (χ1) is 8.90. The summed E-state index contributed by atoms with van der Waals surface area (Å²) in [7, 11) is 0. The molecule has 0 saturated carbocycles. The van der Waals surface area contributed by atoms with Gasteiger partial charge in [0.2, 0.25) is 0 Å². The Morgan fingerprint density at radius 2 is 1.63 bits per heavy atom. The molecule has 0 radical (unpaired) electrons. The summed E-state index contributed by atoms with van der Waals surface area (Å²) in [4.78, 5) is 0.181. The highest BCUT2D eigenvalue weighted by molar-refractivity contribution is 9.10. The van der Waals surface area contributed by atoms with Crippen LogP contribution >= 0.6 is 43.5 Å². The lowest BCUT2D eigenvalue weighted by Gasteiger charge is -2.16. The van der Waals surface area contributed by atoms with Crippen molar-refractivity contribution in [1.29, 1.82) is 0 Å². The summed E-state index contributed by atoms with van der Waals surface area (Å²) in [5, 5.41) is 0.825. The average molecular weight is 403 g/mol. The van der Waals surface area contributed by atoms with Gasteiger partial charge in [0, 0.05) is 9.50 Å². The Balaban J connectivity index is 2.46. The minimum Gasteiger partial charge on any atom is -0.0840 e. The number of hydrogen-bond acceptors (Lipinski definition) is 0. The molecule has 19 heavy (non-hydrogen) atoms. The van der Waals surface area contributed by atoms with Crippen LogP contribution in [0.3, 0.4) is 0 Å². The van der Waals surface area contributed by atoms with E-state index in [0.717, 1.165) is 15.1 Å². The minimum absolute atomic E-state index is 0.181. The summed E-state index contributed by atoms with van der Waals surface area (Å²) in [6.45, 7) is 6.23. The highest BCUT2D eigenvalue weighted by Gasteiger charge is 2.15. The molecule has 1 atom stereocenters. The van der Waals surface area contributed by atoms with Crippen molar-refractivity contribution in [3.63, 3.8) is 0 Å². The van der Waals surface area contributed by atoms with Crippen LogP contribution in [0.25, 0.3) is 0 Å². The number of rotatable bonds is 2. The third-order valence-electron chi connectivity index (χ3n) is 3.31. The van der Waals surface area contributed by atoms with Crippen LogP contribution in [0.2, 0.25) is 5.02 Å². The molecule has 2 aromatic rings. The Morgan fingerprint density at radius 3 is 2.26 bits per heavy atom. The molecule has 2 rings (SSSR count). The molecule has 3 heteroatoms. The highest BCUT2D eigenvalue weighted by atomic mass is 79.9. The van der Waals surface area contributed by atoms with Gasteiger partial charge in [0.05, 0.1) is 4.83 Å². The Morgan fingerprint density at radius 1 is 0.947 bits per heavy atom. The topological polar surface area (TPSA) is 0 Å². The van der Waals surface area contributed by atoms with Crippen LogP contribution in [0.5, 0.6) is 0 Å². The first kappa shape index (κ1) is 15.1. The molecular formula is C16H15Br2Cl. The van der Waals surface area contributed by atoms with E-state index in [4.69, 9.17) is 11.6 Å². The third-order valence-corrected chi connectivity index (χ3v) is 5.59. The van der Waals surface area contributed by atoms with Gasteiger partial charge in [-0.25, -0.2) is 0 Å². The van der Waals surface area contributed by atoms with Crippen LogP contribution < -0.4 is 0 Å². The van der Waals surface area contributed by atoms with Gasteiger partial charge in [-0.05, 0) is 60.7 Å². The minimum atomic E-state index is 0.181. The van der Waals surface area contributed by atoms with Crippen LogP contribution in [0.1, 0.15) is 32.6 Å². The molecule has 0 aliphatic heterocycles. The van der Waals surface area contributed by atoms with Crippen molar-refractivity contribution in [2.75, 3.05) is 0 Å². The fraction of sp³-hybridized carbons (Fsp3) is 0.250. The second-order valence-electron chi connectivity index (χ2n) is 4.83. The van der Waals surface area contributed by atoms with E-state index in [2.05, 4.69) is 70.0 Å². The van der Waals surface area contributed by atoms with Crippen LogP contribution in [-0.4, -0.2) is 0 Å². The molecule has 100 valence electrons. The quantitative estimate of drug-likeness (QED) is 0.502. The van der Waals surface area contributed by atoms with Crippen LogP contribution in [-0.2, 0) is 0 Å². The van der Waals surface area contributed by atoms with E-state index in [0.29, 0.717) is 0 Å². The van der Waals surface area contributed by atoms with Crippen LogP contribution in [0.15, 0.2) is 34.8 Å². The zero-order valence-corrected chi connectivity index (χ0v) is 15.0. The maximum Gasteiger partial charge on any atom is 0.0647 e. The molecule has 0 fully saturated rings. The van der Waals surface area contributed by atoms with E-state index in [1.807, 2.05) is 13.0 Å². The molecule has 0 nitrogen and oxygen atoms in total. The third kappa shape index (κ3) is 3.24. The lowest BCUT2D eigenvalue weighted by Crippen LogP contribution is -1.97. The first-order valence-electron chi connectivity index (χ1n) is 6.07. The molecule has 0 aliphatic carbocycles. The van der Waals surface area contributed by atoms with Gasteiger partial charge < -0.3 is 0 Å². The van der Waals surface area contributed by atoms with Crippen molar-refractivity contribution in [3.8, 4) is 0 Å². The van der Waals surface area contributed by atoms with Gasteiger partial charge in [-0.3, -0.25) is 0 Å². The normalized spacial score (nSPS) is 12.5. The average Bonchev–Trinajstić information content (AvgIpc) is 2.36. The highest BCUT2D eigenvalue weighted by Crippen LogP contribution is 2.36. The zero-order valence-electron chi connectivity index (χ0n) is 11.1. The standard InChI is InChI=1S/C16H15Br2Cl/c1-9-4-5-12(8-14(9)17)16(18)13-6-11(3)15(19)7-10(13)2/h4-8,16H,1-3H3. The Labute approximate surface area is 136 Å². The van der Waals surface area contributed by atoms with Crippen molar-refractivity contribution >= 4 is 43.5 Å². The molecule has 0 aliphatic rings. The summed E-state index contributed by atoms with van der Waals surface area (Å²) in [6.07, 6.45) is 0. The van der Waals surface area contributed by atoms with Gasteiger partial charge >= 0.3 is 0 Å². The molecule has 0 N–H and O–H groups in total. The fourth-order valence-corrected chi connectivity index (χ4v) is 3.42. The SMILES string of the molecule is Cc1cc(C(Br)c2ccc(C)c(Br)c2)c(C)cc1Cl. The van der Waals surface area contributed by atoms with E-state index in [1.54, 1.807) is 0 Å². The van der Waals surface area contributed by atoms with Gasteiger partial charge in [0.25, 0.3) is 0 Å². The lowest BCUT2D eigenvalue weighted by molar-refractivity contribution is 1.13. The summed E-state index contributed by atoms with van der Waals surface area (Å²) in [6, 6.07) is 10.6. The summed E-state index contributed by atoms with van der Waals surface area (Å²) in [5.74, 6) is 0. The number of benzene rings is 2. The van der Waals surface area contributed by atoms with Crippen molar-refractivity contribution in [3.05, 3.63) is 67.6 Å². The van der Waals surface area contributed by atoms with E-state index < -0.39 is 0 Å². The number of hydrogen-bond donors (Lipinski definition) is 0. The monoisotopic (exact) mass is 400 g/mol. The molecule has 2 aromatic carbocycles. The fourth-order valence-electron chi connectivity index (χ4n) is 2.02. The predicted octanol–water partition coefficient (Wildman–Crippen LogP) is 6.51. The van der Waals surface area contributed by atoms with Gasteiger partial charge in [-0.15, -0.1) is 0 Å². The maximum atomic E-state index is 6.16. The summed E-state index contributed by atoms with van der Waals surface area (Å²) in [5.41, 5.74) is 6.06. The van der Waals surface area contributed by atoms with Crippen molar-refractivity contribution in [1.82, 2.24) is 0 Å². The van der Waals surface area contributed by atoms with E-state index in [9.17, 15) is 0 Å². The molecule has 0 spiro atoms. The summed E-state index contributed by atoms with van der Waals surface area (Å²) < 4.78 is 1.14. The Hall–Kier alpha value is -0.310. The maximum absolute atomic E-state index is 6.16. The van der Waals surface area contributed by atoms with Gasteiger partial charge in [-0.1, -0.05) is 61.7 Å². The second kappa shape index (κ2) is 5.99. The van der Waals surface area contributed by atoms with Crippen molar-refractivity contribution in [2.24, 2.45) is 0 Å². The van der Waals surface area contributed by atoms with Gasteiger partial charge in [-0.2, -0.15) is 0 Å². The number of aryl methyl sites for hydroxylation is 3. The van der Waals surface area contributed by atoms with Crippen LogP contribution in [0, 0.1) is 20.8 Å². The smallest absolute Gasteiger partial charge is 0.0647 e. The predicted molar refractivity (Wildman–Crippen MR) is 90.6 cm³/mol. The Bertz CT molecular complexity index is 620. The molecule has 0 aromatic heterocycles. The van der Waals surface area contributed by atoms with E-state index >= 15 is 0 Å². The summed E-state index contributed by atoms with van der Waals surface area (Å²) >= 11 is 13.5. The largest absolute Gasteiger partial charge is 0.0840 e. The first-order valence-corrected chi connectivity index (χ1v) is 8.15. The Kier molecular flexibility index (Phi) is 4.75. The van der Waals surface area contributed by atoms with E-state index in [1.165, 1.54) is 22.3 Å². The van der Waals surface area contributed by atoms with E-state index in [-0.39, 0.29) is 4.83 Å². The number of halogens is 3. The molecule has 0 amide bonds. The van der Waals surface area contributed by atoms with Crippen LogP contribution in [0.4, 0.5) is 0 Å². The van der Waals surface area contributed by atoms with Gasteiger partial charge in [0.1, 0.15) is 0 Å².